The number of rotatable bonds is 0. The molecule has 2 aromatic carbocycles. The van der Waals surface area contributed by atoms with Gasteiger partial charge < -0.3 is 10.2 Å². The highest BCUT2D eigenvalue weighted by Gasteiger charge is 2.06. The third-order valence-corrected chi connectivity index (χ3v) is 2.63. The van der Waals surface area contributed by atoms with Crippen LogP contribution < -0.4 is 0 Å². The Hall–Kier alpha value is -1.22. The van der Waals surface area contributed by atoms with Crippen molar-refractivity contribution in [2.45, 2.75) is 0 Å². The molecule has 3 heteroatoms. The minimum atomic E-state index is 0.0938. The normalized spacial score (nSPS) is 10.5. The zero-order chi connectivity index (χ0) is 9.42. The second-order valence-electron chi connectivity index (χ2n) is 2.77. The molecule has 0 unspecified atom stereocenters. The second-order valence-corrected chi connectivity index (χ2v) is 3.62. The highest BCUT2D eigenvalue weighted by atomic mass is 79.9. The van der Waals surface area contributed by atoms with Crippen molar-refractivity contribution in [3.8, 4) is 11.5 Å². The molecular formula is C10H7BrO2. The number of fused-ring (bicyclic) bond motifs is 1. The highest BCUT2D eigenvalue weighted by Crippen LogP contribution is 2.36. The van der Waals surface area contributed by atoms with Gasteiger partial charge in [0.25, 0.3) is 0 Å². The molecule has 0 heterocycles. The van der Waals surface area contributed by atoms with Crippen LogP contribution in [0.5, 0.6) is 11.5 Å². The van der Waals surface area contributed by atoms with Gasteiger partial charge in [-0.1, -0.05) is 28.1 Å². The Labute approximate surface area is 83.6 Å². The van der Waals surface area contributed by atoms with E-state index in [1.165, 1.54) is 0 Å². The number of hydrogen-bond acceptors (Lipinski definition) is 2. The lowest BCUT2D eigenvalue weighted by Crippen LogP contribution is -1.76. The van der Waals surface area contributed by atoms with Gasteiger partial charge in [-0.05, 0) is 18.2 Å². The number of halogens is 1. The van der Waals surface area contributed by atoms with Crippen molar-refractivity contribution in [3.05, 3.63) is 34.8 Å². The second kappa shape index (κ2) is 2.92. The van der Waals surface area contributed by atoms with Crippen molar-refractivity contribution in [2.75, 3.05) is 0 Å². The maximum Gasteiger partial charge on any atom is 0.127 e. The quantitative estimate of drug-likeness (QED) is 0.741. The molecule has 66 valence electrons. The molecule has 0 aliphatic heterocycles. The van der Waals surface area contributed by atoms with Crippen LogP contribution in [-0.4, -0.2) is 10.2 Å². The zero-order valence-electron chi connectivity index (χ0n) is 6.66. The lowest BCUT2D eigenvalue weighted by molar-refractivity contribution is 0.464. The Balaban J connectivity index is 3.00. The summed E-state index contributed by atoms with van der Waals surface area (Å²) in [6.07, 6.45) is 0. The van der Waals surface area contributed by atoms with E-state index in [2.05, 4.69) is 15.9 Å². The van der Waals surface area contributed by atoms with Crippen LogP contribution in [0.1, 0.15) is 0 Å². The van der Waals surface area contributed by atoms with Gasteiger partial charge in [0.1, 0.15) is 11.5 Å². The average Bonchev–Trinajstić information content (AvgIpc) is 2.12. The minimum Gasteiger partial charge on any atom is -0.507 e. The molecule has 2 rings (SSSR count). The Morgan fingerprint density at radius 2 is 1.62 bits per heavy atom. The molecule has 0 aromatic heterocycles. The predicted molar refractivity (Wildman–Crippen MR) is 55.0 cm³/mol. The van der Waals surface area contributed by atoms with Gasteiger partial charge in [0.15, 0.2) is 0 Å². The number of phenols is 2. The molecule has 0 aliphatic carbocycles. The van der Waals surface area contributed by atoms with Gasteiger partial charge in [-0.15, -0.1) is 0 Å². The van der Waals surface area contributed by atoms with Crippen LogP contribution in [-0.2, 0) is 0 Å². The molecule has 0 spiro atoms. The first-order valence-corrected chi connectivity index (χ1v) is 4.58. The fourth-order valence-electron chi connectivity index (χ4n) is 1.33. The van der Waals surface area contributed by atoms with Crippen LogP contribution in [0.15, 0.2) is 34.8 Å². The standard InChI is InChI=1S/C10H7BrO2/c11-7-4-5-9(13)10-6(7)2-1-3-8(10)12/h1-5,12-13H. The number of benzene rings is 2. The average molecular weight is 239 g/mol. The van der Waals surface area contributed by atoms with E-state index in [1.54, 1.807) is 24.3 Å². The molecule has 0 fully saturated rings. The highest BCUT2D eigenvalue weighted by molar-refractivity contribution is 9.10. The van der Waals surface area contributed by atoms with E-state index >= 15 is 0 Å². The minimum absolute atomic E-state index is 0.0938. The van der Waals surface area contributed by atoms with Crippen molar-refractivity contribution in [2.24, 2.45) is 0 Å². The summed E-state index contributed by atoms with van der Waals surface area (Å²) in [7, 11) is 0. The van der Waals surface area contributed by atoms with E-state index in [0.29, 0.717) is 5.39 Å². The molecular weight excluding hydrogens is 232 g/mol. The van der Waals surface area contributed by atoms with Gasteiger partial charge >= 0.3 is 0 Å². The Morgan fingerprint density at radius 1 is 0.923 bits per heavy atom. The molecule has 2 N–H and O–H groups in total. The van der Waals surface area contributed by atoms with Crippen molar-refractivity contribution < 1.29 is 10.2 Å². The molecule has 13 heavy (non-hydrogen) atoms. The van der Waals surface area contributed by atoms with Crippen molar-refractivity contribution in [3.63, 3.8) is 0 Å². The maximum absolute atomic E-state index is 9.50. The van der Waals surface area contributed by atoms with E-state index in [0.717, 1.165) is 9.86 Å². The fourth-order valence-corrected chi connectivity index (χ4v) is 1.80. The summed E-state index contributed by atoms with van der Waals surface area (Å²) in [6.45, 7) is 0. The summed E-state index contributed by atoms with van der Waals surface area (Å²) >= 11 is 3.34. The van der Waals surface area contributed by atoms with Crippen LogP contribution in [0.3, 0.4) is 0 Å². The maximum atomic E-state index is 9.50. The molecule has 2 aromatic rings. The van der Waals surface area contributed by atoms with Crippen LogP contribution in [0.25, 0.3) is 10.8 Å². The number of aromatic hydroxyl groups is 2. The largest absolute Gasteiger partial charge is 0.507 e. The summed E-state index contributed by atoms with van der Waals surface area (Å²) < 4.78 is 0.858. The molecule has 0 saturated heterocycles. The van der Waals surface area contributed by atoms with Crippen LogP contribution in [0.4, 0.5) is 0 Å². The molecule has 0 aliphatic rings. The van der Waals surface area contributed by atoms with E-state index < -0.39 is 0 Å². The first-order valence-electron chi connectivity index (χ1n) is 3.79. The molecule has 0 bridgehead atoms. The van der Waals surface area contributed by atoms with Crippen LogP contribution >= 0.6 is 15.9 Å². The Morgan fingerprint density at radius 3 is 2.31 bits per heavy atom. The first kappa shape index (κ1) is 8.38. The number of hydrogen-bond donors (Lipinski definition) is 2. The van der Waals surface area contributed by atoms with Gasteiger partial charge in [-0.2, -0.15) is 0 Å². The van der Waals surface area contributed by atoms with E-state index in [-0.39, 0.29) is 11.5 Å². The van der Waals surface area contributed by atoms with Crippen molar-refractivity contribution in [1.29, 1.82) is 0 Å². The van der Waals surface area contributed by atoms with E-state index in [1.807, 2.05) is 6.07 Å². The molecule has 0 amide bonds. The van der Waals surface area contributed by atoms with Gasteiger partial charge in [0, 0.05) is 9.86 Å². The zero-order valence-corrected chi connectivity index (χ0v) is 8.25. The fraction of sp³-hybridized carbons (Fsp3) is 0. The van der Waals surface area contributed by atoms with Crippen molar-refractivity contribution in [1.82, 2.24) is 0 Å². The lowest BCUT2D eigenvalue weighted by atomic mass is 10.1. The summed E-state index contributed by atoms with van der Waals surface area (Å²) in [5.74, 6) is 0.188. The molecule has 0 saturated carbocycles. The summed E-state index contributed by atoms with van der Waals surface area (Å²) in [5.41, 5.74) is 0. The summed E-state index contributed by atoms with van der Waals surface area (Å²) in [5, 5.41) is 20.3. The molecule has 0 atom stereocenters. The summed E-state index contributed by atoms with van der Waals surface area (Å²) in [4.78, 5) is 0. The van der Waals surface area contributed by atoms with Gasteiger partial charge in [-0.25, -0.2) is 0 Å². The topological polar surface area (TPSA) is 40.5 Å². The third kappa shape index (κ3) is 1.25. The number of phenolic OH excluding ortho intramolecular Hbond substituents is 2. The van der Waals surface area contributed by atoms with Gasteiger partial charge in [0.05, 0.1) is 5.39 Å². The van der Waals surface area contributed by atoms with E-state index in [4.69, 9.17) is 0 Å². The van der Waals surface area contributed by atoms with Crippen molar-refractivity contribution >= 4 is 26.7 Å². The van der Waals surface area contributed by atoms with E-state index in [9.17, 15) is 10.2 Å². The van der Waals surface area contributed by atoms with Gasteiger partial charge in [0.2, 0.25) is 0 Å². The third-order valence-electron chi connectivity index (χ3n) is 1.94. The Bertz CT molecular complexity index is 457. The Kier molecular flexibility index (Phi) is 1.88. The van der Waals surface area contributed by atoms with Crippen LogP contribution in [0.2, 0.25) is 0 Å². The smallest absolute Gasteiger partial charge is 0.127 e. The van der Waals surface area contributed by atoms with Gasteiger partial charge in [-0.3, -0.25) is 0 Å². The SMILES string of the molecule is Oc1cccc2c(Br)ccc(O)c12. The molecule has 0 radical (unpaired) electrons. The van der Waals surface area contributed by atoms with Crippen LogP contribution in [0, 0.1) is 0 Å². The summed E-state index contributed by atoms with van der Waals surface area (Å²) in [6, 6.07) is 8.42. The molecule has 2 nitrogen and oxygen atoms in total. The first-order chi connectivity index (χ1) is 6.20. The monoisotopic (exact) mass is 238 g/mol. The predicted octanol–water partition coefficient (Wildman–Crippen LogP) is 3.01. The lowest BCUT2D eigenvalue weighted by Gasteiger charge is -2.04.